The number of carbonyl (C=O) groups is 2. The number of benzene rings is 1. The highest BCUT2D eigenvalue weighted by molar-refractivity contribution is 6.36. The number of anilines is 1. The van der Waals surface area contributed by atoms with Crippen LogP contribution in [0.1, 0.15) is 40.5 Å². The minimum absolute atomic E-state index is 0.0120. The number of fused-ring (bicyclic) bond motifs is 1. The normalized spacial score (nSPS) is 16.9. The largest absolute Gasteiger partial charge is 0.505 e. The van der Waals surface area contributed by atoms with Crippen molar-refractivity contribution in [3.8, 4) is 5.75 Å². The molecule has 3 aromatic rings. The number of rotatable bonds is 3. The highest BCUT2D eigenvalue weighted by atomic mass is 35.5. The summed E-state index contributed by atoms with van der Waals surface area (Å²) in [6, 6.07) is 4.39. The zero-order valence-electron chi connectivity index (χ0n) is 17.7. The van der Waals surface area contributed by atoms with Crippen LogP contribution >= 0.6 is 11.6 Å². The van der Waals surface area contributed by atoms with Crippen molar-refractivity contribution in [3.63, 3.8) is 0 Å². The minimum Gasteiger partial charge on any atom is -0.505 e. The van der Waals surface area contributed by atoms with Crippen LogP contribution in [-0.2, 0) is 11.0 Å². The first-order valence-corrected chi connectivity index (χ1v) is 10.9. The molecule has 1 saturated carbocycles. The Morgan fingerprint density at radius 1 is 1.11 bits per heavy atom. The van der Waals surface area contributed by atoms with Gasteiger partial charge in [-0.15, -0.1) is 0 Å². The molecule has 0 atom stereocenters. The number of hydrogen-bond acceptors (Lipinski definition) is 4. The highest BCUT2D eigenvalue weighted by Gasteiger charge is 2.39. The molecule has 1 aliphatic heterocycles. The minimum atomic E-state index is -4.75. The maximum Gasteiger partial charge on any atom is 0.433 e. The quantitative estimate of drug-likeness (QED) is 0.527. The Morgan fingerprint density at radius 3 is 2.46 bits per heavy atom. The number of hydrogen-bond donors (Lipinski definition) is 1. The molecule has 0 unspecified atom stereocenters. The topological polar surface area (TPSA) is 78.2 Å². The average molecular weight is 515 g/mol. The van der Waals surface area contributed by atoms with Crippen molar-refractivity contribution in [3.05, 3.63) is 57.9 Å². The maximum absolute atomic E-state index is 14.2. The van der Waals surface area contributed by atoms with Gasteiger partial charge in [-0.25, -0.2) is 8.91 Å². The standard InChI is InChI=1S/C22H16ClF5N4O3/c23-17-13-7-11(10-1-2-10)8-15(22(26,27)28)32(13)29-20(17)21(35)30-5-6-31(16(34)9-30)12-3-4-14(33)19(25)18(12)24/h3-4,7-8,10,33H,1-2,5-6,9H2. The molecule has 0 radical (unpaired) electrons. The number of phenolic OH excluding ortho intramolecular Hbond substituents is 1. The number of carbonyl (C=O) groups excluding carboxylic acids is 2. The van der Waals surface area contributed by atoms with E-state index in [1.165, 1.54) is 6.07 Å². The summed E-state index contributed by atoms with van der Waals surface area (Å²) in [5, 5.41) is 12.8. The molecule has 0 bridgehead atoms. The van der Waals surface area contributed by atoms with Crippen molar-refractivity contribution in [2.75, 3.05) is 24.5 Å². The molecule has 7 nitrogen and oxygen atoms in total. The summed E-state index contributed by atoms with van der Waals surface area (Å²) in [7, 11) is 0. The summed E-state index contributed by atoms with van der Waals surface area (Å²) in [5.74, 6) is -5.51. The van der Waals surface area contributed by atoms with Gasteiger partial charge < -0.3 is 14.9 Å². The van der Waals surface area contributed by atoms with E-state index in [4.69, 9.17) is 11.6 Å². The van der Waals surface area contributed by atoms with Crippen molar-refractivity contribution in [2.24, 2.45) is 0 Å². The molecule has 35 heavy (non-hydrogen) atoms. The molecular weight excluding hydrogens is 499 g/mol. The Labute approximate surface area is 199 Å². The third-order valence-corrected chi connectivity index (χ3v) is 6.45. The van der Waals surface area contributed by atoms with Gasteiger partial charge in [-0.1, -0.05) is 11.6 Å². The van der Waals surface area contributed by atoms with E-state index in [9.17, 15) is 36.6 Å². The van der Waals surface area contributed by atoms with Crippen LogP contribution in [0.2, 0.25) is 5.02 Å². The molecule has 2 aliphatic rings. The zero-order chi connectivity index (χ0) is 25.2. The summed E-state index contributed by atoms with van der Waals surface area (Å²) in [4.78, 5) is 27.7. The lowest BCUT2D eigenvalue weighted by molar-refractivity contribution is -0.142. The van der Waals surface area contributed by atoms with Gasteiger partial charge in [0.05, 0.1) is 16.2 Å². The van der Waals surface area contributed by atoms with E-state index in [1.54, 1.807) is 0 Å². The van der Waals surface area contributed by atoms with Gasteiger partial charge in [-0.05, 0) is 48.6 Å². The molecule has 0 spiro atoms. The second-order valence-electron chi connectivity index (χ2n) is 8.41. The molecule has 1 N–H and O–H groups in total. The SMILES string of the molecule is O=C(c1nn2c(C(F)(F)F)cc(C3CC3)cc2c1Cl)N1CCN(c2ccc(O)c(F)c2F)C(=O)C1. The van der Waals surface area contributed by atoms with E-state index < -0.39 is 59.0 Å². The Balaban J connectivity index is 1.45. The van der Waals surface area contributed by atoms with Gasteiger partial charge in [-0.2, -0.15) is 22.7 Å². The van der Waals surface area contributed by atoms with Crippen molar-refractivity contribution in [2.45, 2.75) is 24.9 Å². The fourth-order valence-electron chi connectivity index (χ4n) is 4.12. The third kappa shape index (κ3) is 3.95. The number of pyridine rings is 1. The molecule has 1 aliphatic carbocycles. The van der Waals surface area contributed by atoms with Crippen molar-refractivity contribution in [1.29, 1.82) is 0 Å². The molecule has 2 amide bonds. The van der Waals surface area contributed by atoms with E-state index in [0.717, 1.165) is 40.8 Å². The van der Waals surface area contributed by atoms with Crippen LogP contribution in [-0.4, -0.2) is 51.1 Å². The van der Waals surface area contributed by atoms with E-state index in [2.05, 4.69) is 5.10 Å². The van der Waals surface area contributed by atoms with Crippen LogP contribution in [0.4, 0.5) is 27.6 Å². The second-order valence-corrected chi connectivity index (χ2v) is 8.79. The molecular formula is C22H16ClF5N4O3. The molecule has 2 fully saturated rings. The van der Waals surface area contributed by atoms with Crippen LogP contribution in [0.15, 0.2) is 24.3 Å². The zero-order valence-corrected chi connectivity index (χ0v) is 18.5. The molecule has 13 heteroatoms. The van der Waals surface area contributed by atoms with Crippen molar-refractivity contribution >= 4 is 34.6 Å². The number of aromatic nitrogens is 2. The Kier molecular flexibility index (Phi) is 5.38. The van der Waals surface area contributed by atoms with Gasteiger partial charge in [0.25, 0.3) is 5.91 Å². The molecule has 2 aromatic heterocycles. The van der Waals surface area contributed by atoms with Crippen LogP contribution in [0.3, 0.4) is 0 Å². The fraction of sp³-hybridized carbons (Fsp3) is 0.318. The molecule has 184 valence electrons. The molecule has 5 rings (SSSR count). The maximum atomic E-state index is 14.2. The summed E-state index contributed by atoms with van der Waals surface area (Å²) in [6.45, 7) is -0.934. The molecule has 1 aromatic carbocycles. The second kappa shape index (κ2) is 8.08. The van der Waals surface area contributed by atoms with E-state index in [1.807, 2.05) is 0 Å². The van der Waals surface area contributed by atoms with Crippen LogP contribution in [0, 0.1) is 11.6 Å². The number of phenols is 1. The predicted octanol–water partition coefficient (Wildman–Crippen LogP) is 4.36. The monoisotopic (exact) mass is 514 g/mol. The van der Waals surface area contributed by atoms with Crippen LogP contribution in [0.5, 0.6) is 5.75 Å². The smallest absolute Gasteiger partial charge is 0.433 e. The molecule has 1 saturated heterocycles. The van der Waals surface area contributed by atoms with Gasteiger partial charge in [-0.3, -0.25) is 9.59 Å². The van der Waals surface area contributed by atoms with Gasteiger partial charge in [0, 0.05) is 13.1 Å². The van der Waals surface area contributed by atoms with Crippen molar-refractivity contribution in [1.82, 2.24) is 14.5 Å². The fourth-order valence-corrected chi connectivity index (χ4v) is 4.37. The van der Waals surface area contributed by atoms with E-state index >= 15 is 0 Å². The molecule has 3 heterocycles. The number of amides is 2. The first-order valence-electron chi connectivity index (χ1n) is 10.5. The Morgan fingerprint density at radius 2 is 1.83 bits per heavy atom. The lowest BCUT2D eigenvalue weighted by Crippen LogP contribution is -2.52. The summed E-state index contributed by atoms with van der Waals surface area (Å²) < 4.78 is 69.6. The number of aromatic hydroxyl groups is 1. The number of halogens is 6. The average Bonchev–Trinajstić information content (AvgIpc) is 3.60. The van der Waals surface area contributed by atoms with Crippen molar-refractivity contribution < 1.29 is 36.6 Å². The number of alkyl halides is 3. The van der Waals surface area contributed by atoms with Gasteiger partial charge in [0.2, 0.25) is 11.7 Å². The lowest BCUT2D eigenvalue weighted by atomic mass is 10.1. The van der Waals surface area contributed by atoms with E-state index in [-0.39, 0.29) is 29.5 Å². The summed E-state index contributed by atoms with van der Waals surface area (Å²) in [5.41, 5.74) is -1.54. The third-order valence-electron chi connectivity index (χ3n) is 6.08. The number of nitrogens with zero attached hydrogens (tertiary/aromatic N) is 4. The Hall–Kier alpha value is -3.41. The van der Waals surface area contributed by atoms with Gasteiger partial charge in [0.1, 0.15) is 12.2 Å². The summed E-state index contributed by atoms with van der Waals surface area (Å²) in [6.07, 6.45) is -3.24. The first-order chi connectivity index (χ1) is 16.5. The Bertz CT molecular complexity index is 1390. The number of piperazine rings is 1. The van der Waals surface area contributed by atoms with Crippen LogP contribution in [0.25, 0.3) is 5.52 Å². The highest BCUT2D eigenvalue weighted by Crippen LogP contribution is 2.43. The first kappa shape index (κ1) is 23.3. The predicted molar refractivity (Wildman–Crippen MR) is 113 cm³/mol. The van der Waals surface area contributed by atoms with Gasteiger partial charge >= 0.3 is 6.18 Å². The van der Waals surface area contributed by atoms with Gasteiger partial charge in [0.15, 0.2) is 17.3 Å². The lowest BCUT2D eigenvalue weighted by Gasteiger charge is -2.34. The summed E-state index contributed by atoms with van der Waals surface area (Å²) >= 11 is 6.30. The van der Waals surface area contributed by atoms with E-state index in [0.29, 0.717) is 10.1 Å². The van der Waals surface area contributed by atoms with Crippen LogP contribution < -0.4 is 4.90 Å².